The Morgan fingerprint density at radius 2 is 1.85 bits per heavy atom. The number of halogens is 5. The Morgan fingerprint density at radius 3 is 2.51 bits per heavy atom. The van der Waals surface area contributed by atoms with Crippen LogP contribution in [0.25, 0.3) is 11.1 Å². The van der Waals surface area contributed by atoms with Gasteiger partial charge in [-0.3, -0.25) is 24.4 Å². The molecule has 4 aromatic rings. The quantitative estimate of drug-likeness (QED) is 0.321. The normalized spacial score (nSPS) is 14.5. The molecular formula is C27H26F5N7O2. The molecule has 3 aromatic heterocycles. The number of imidazole rings is 1. The van der Waals surface area contributed by atoms with Crippen LogP contribution in [-0.2, 0) is 26.2 Å². The van der Waals surface area contributed by atoms with E-state index in [1.54, 1.807) is 36.2 Å². The monoisotopic (exact) mass is 575 g/mol. The molecule has 216 valence electrons. The number of ether oxygens (including phenoxy) is 1. The van der Waals surface area contributed by atoms with Gasteiger partial charge in [-0.05, 0) is 48.2 Å². The summed E-state index contributed by atoms with van der Waals surface area (Å²) < 4.78 is 76.5. The predicted octanol–water partition coefficient (Wildman–Crippen LogP) is 4.79. The van der Waals surface area contributed by atoms with Crippen LogP contribution in [0.4, 0.5) is 22.0 Å². The fourth-order valence-corrected chi connectivity index (χ4v) is 5.14. The van der Waals surface area contributed by atoms with Crippen molar-refractivity contribution in [1.82, 2.24) is 28.8 Å². The Morgan fingerprint density at radius 1 is 1.12 bits per heavy atom. The van der Waals surface area contributed by atoms with Gasteiger partial charge in [0.15, 0.2) is 5.69 Å². The zero-order valence-electron chi connectivity index (χ0n) is 22.3. The number of fused-ring (bicyclic) bond motifs is 1. The van der Waals surface area contributed by atoms with Crippen molar-refractivity contribution in [3.05, 3.63) is 82.7 Å². The maximum Gasteiger partial charge on any atom is 0.435 e. The summed E-state index contributed by atoms with van der Waals surface area (Å²) in [4.78, 5) is 19.8. The third-order valence-electron chi connectivity index (χ3n) is 7.16. The molecule has 9 nitrogen and oxygen atoms in total. The van der Waals surface area contributed by atoms with Crippen molar-refractivity contribution in [3.8, 4) is 16.9 Å². The van der Waals surface area contributed by atoms with Gasteiger partial charge in [-0.15, -0.1) is 0 Å². The lowest BCUT2D eigenvalue weighted by atomic mass is 9.87. The van der Waals surface area contributed by atoms with Gasteiger partial charge in [0.05, 0.1) is 25.4 Å². The highest BCUT2D eigenvalue weighted by atomic mass is 19.4. The van der Waals surface area contributed by atoms with E-state index in [0.29, 0.717) is 27.1 Å². The minimum absolute atomic E-state index is 0.124. The SMILES string of the molecule is COc1ccnc([C@H](C)N2CCc3c(cc(Cn4ccn(C(F)F)c4=N)cc3-c3cn(C)nc3C(F)(F)F)C2=O)c1. The number of carbonyl (C=O) groups excluding carboxylic acids is 1. The topological polar surface area (TPSA) is 94.0 Å². The second-order valence-electron chi connectivity index (χ2n) is 9.71. The lowest BCUT2D eigenvalue weighted by molar-refractivity contribution is -0.141. The van der Waals surface area contributed by atoms with Gasteiger partial charge in [-0.1, -0.05) is 0 Å². The van der Waals surface area contributed by atoms with Crippen LogP contribution in [0.5, 0.6) is 5.75 Å². The minimum Gasteiger partial charge on any atom is -0.497 e. The minimum atomic E-state index is -4.76. The first-order chi connectivity index (χ1) is 19.4. The first kappa shape index (κ1) is 28.1. The molecule has 1 aliphatic heterocycles. The van der Waals surface area contributed by atoms with Crippen LogP contribution in [0.3, 0.4) is 0 Å². The van der Waals surface area contributed by atoms with Crippen molar-refractivity contribution in [1.29, 1.82) is 5.41 Å². The number of aryl methyl sites for hydroxylation is 1. The van der Waals surface area contributed by atoms with Gasteiger partial charge in [0.2, 0.25) is 5.62 Å². The summed E-state index contributed by atoms with van der Waals surface area (Å²) in [6, 6.07) is 5.97. The first-order valence-electron chi connectivity index (χ1n) is 12.6. The molecule has 1 N–H and O–H groups in total. The Kier molecular flexibility index (Phi) is 7.17. The number of amides is 1. The Balaban J connectivity index is 1.63. The van der Waals surface area contributed by atoms with Gasteiger partial charge in [0, 0.05) is 55.6 Å². The third-order valence-corrected chi connectivity index (χ3v) is 7.16. The molecule has 1 aliphatic rings. The zero-order valence-corrected chi connectivity index (χ0v) is 22.3. The van der Waals surface area contributed by atoms with Crippen LogP contribution in [-0.4, -0.2) is 48.4 Å². The molecule has 41 heavy (non-hydrogen) atoms. The molecule has 0 unspecified atom stereocenters. The lowest BCUT2D eigenvalue weighted by Gasteiger charge is -2.34. The van der Waals surface area contributed by atoms with Crippen molar-refractivity contribution in [2.45, 2.75) is 38.7 Å². The number of benzene rings is 1. The highest BCUT2D eigenvalue weighted by Gasteiger charge is 2.39. The number of nitrogens with zero attached hydrogens (tertiary/aromatic N) is 6. The summed E-state index contributed by atoms with van der Waals surface area (Å²) >= 11 is 0. The number of hydrogen-bond donors (Lipinski definition) is 1. The summed E-state index contributed by atoms with van der Waals surface area (Å²) in [5, 5.41) is 11.7. The van der Waals surface area contributed by atoms with E-state index >= 15 is 0 Å². The van der Waals surface area contributed by atoms with Gasteiger partial charge >= 0.3 is 12.7 Å². The van der Waals surface area contributed by atoms with E-state index in [0.717, 1.165) is 10.9 Å². The van der Waals surface area contributed by atoms with Crippen molar-refractivity contribution in [2.75, 3.05) is 13.7 Å². The molecular weight excluding hydrogens is 549 g/mol. The molecule has 1 atom stereocenters. The summed E-state index contributed by atoms with van der Waals surface area (Å²) in [5.74, 6) is 0.150. The smallest absolute Gasteiger partial charge is 0.435 e. The number of carbonyl (C=O) groups is 1. The average molecular weight is 576 g/mol. The fourth-order valence-electron chi connectivity index (χ4n) is 5.14. The highest BCUT2D eigenvalue weighted by molar-refractivity contribution is 5.99. The van der Waals surface area contributed by atoms with Crippen molar-refractivity contribution in [2.24, 2.45) is 7.05 Å². The molecule has 4 heterocycles. The van der Waals surface area contributed by atoms with Crippen LogP contribution in [0.2, 0.25) is 0 Å². The summed E-state index contributed by atoms with van der Waals surface area (Å²) in [6.07, 6.45) is 0.641. The van der Waals surface area contributed by atoms with E-state index in [4.69, 9.17) is 10.1 Å². The Bertz CT molecular complexity index is 1670. The molecule has 0 spiro atoms. The molecule has 1 aromatic carbocycles. The third kappa shape index (κ3) is 5.21. The Labute approximate surface area is 230 Å². The summed E-state index contributed by atoms with van der Waals surface area (Å²) in [6.45, 7) is -1.04. The number of pyridine rings is 1. The molecule has 0 saturated heterocycles. The van der Waals surface area contributed by atoms with E-state index in [2.05, 4.69) is 10.1 Å². The number of nitrogens with one attached hydrogen (secondary N) is 1. The number of hydrogen-bond acceptors (Lipinski definition) is 5. The van der Waals surface area contributed by atoms with Crippen molar-refractivity contribution >= 4 is 5.91 Å². The van der Waals surface area contributed by atoms with E-state index in [1.165, 1.54) is 37.2 Å². The molecule has 0 fully saturated rings. The molecule has 0 radical (unpaired) electrons. The van der Waals surface area contributed by atoms with E-state index < -0.39 is 36.0 Å². The van der Waals surface area contributed by atoms with Crippen LogP contribution in [0.1, 0.15) is 52.4 Å². The van der Waals surface area contributed by atoms with Gasteiger partial charge in [-0.25, -0.2) is 0 Å². The van der Waals surface area contributed by atoms with Crippen LogP contribution < -0.4 is 10.4 Å². The van der Waals surface area contributed by atoms with Crippen molar-refractivity contribution in [3.63, 3.8) is 0 Å². The van der Waals surface area contributed by atoms with Gasteiger partial charge in [0.1, 0.15) is 5.75 Å². The first-order valence-corrected chi connectivity index (χ1v) is 12.6. The fraction of sp³-hybridized carbons (Fsp3) is 0.333. The molecule has 5 rings (SSSR count). The van der Waals surface area contributed by atoms with Gasteiger partial charge in [0.25, 0.3) is 5.91 Å². The average Bonchev–Trinajstić information content (AvgIpc) is 3.51. The molecule has 0 saturated carbocycles. The second kappa shape index (κ2) is 10.5. The molecule has 0 aliphatic carbocycles. The molecule has 0 bridgehead atoms. The number of alkyl halides is 5. The molecule has 1 amide bonds. The summed E-state index contributed by atoms with van der Waals surface area (Å²) in [5.41, 5.74) is -0.0447. The van der Waals surface area contributed by atoms with Gasteiger partial charge in [-0.2, -0.15) is 27.1 Å². The molecule has 14 heteroatoms. The largest absolute Gasteiger partial charge is 0.497 e. The highest BCUT2D eigenvalue weighted by Crippen LogP contribution is 2.40. The predicted molar refractivity (Wildman–Crippen MR) is 136 cm³/mol. The standard InChI is InChI=1S/C27H26F5N7O2/c1-15(22-12-17(41-3)4-6-34-22)38-7-5-18-19(21-14-36(2)35-23(21)27(30,31)32)10-16(11-20(18)24(38)40)13-37-8-9-39(25(28)29)26(37)33/h4,6,8-12,14-15,25,33H,5,7,13H2,1-3H3/t15-/m0/s1. The van der Waals surface area contributed by atoms with Crippen LogP contribution >= 0.6 is 0 Å². The lowest BCUT2D eigenvalue weighted by Crippen LogP contribution is -2.40. The van der Waals surface area contributed by atoms with Crippen molar-refractivity contribution < 1.29 is 31.5 Å². The van der Waals surface area contributed by atoms with Gasteiger partial charge < -0.3 is 14.2 Å². The second-order valence-corrected chi connectivity index (χ2v) is 9.71. The van der Waals surface area contributed by atoms with Crippen LogP contribution in [0.15, 0.2) is 49.1 Å². The van der Waals surface area contributed by atoms with Crippen LogP contribution in [0, 0.1) is 5.41 Å². The van der Waals surface area contributed by atoms with E-state index in [-0.39, 0.29) is 36.2 Å². The maximum atomic E-state index is 14.0. The number of methoxy groups -OCH3 is 1. The zero-order chi connectivity index (χ0) is 29.6. The number of aromatic nitrogens is 5. The Hall–Kier alpha value is -4.49. The summed E-state index contributed by atoms with van der Waals surface area (Å²) in [7, 11) is 2.89. The maximum absolute atomic E-state index is 14.0. The van der Waals surface area contributed by atoms with E-state index in [9.17, 15) is 26.7 Å². The van der Waals surface area contributed by atoms with E-state index in [1.807, 2.05) is 0 Å². The number of rotatable bonds is 7.